The van der Waals surface area contributed by atoms with Gasteiger partial charge in [-0.05, 0) is 17.7 Å². The highest BCUT2D eigenvalue weighted by molar-refractivity contribution is 5.47. The van der Waals surface area contributed by atoms with E-state index in [4.69, 9.17) is 9.47 Å². The fourth-order valence-corrected chi connectivity index (χ4v) is 4.83. The van der Waals surface area contributed by atoms with E-state index >= 15 is 0 Å². The molecule has 4 rings (SSSR count). The lowest BCUT2D eigenvalue weighted by molar-refractivity contribution is -0.972. The molecule has 0 aliphatic carbocycles. The van der Waals surface area contributed by atoms with Gasteiger partial charge in [0.1, 0.15) is 13.1 Å². The molecule has 4 nitrogen and oxygen atoms in total. The standard InChI is InChI=1S/C23H30N2O2/c1-26-22-14-19-8-13-25(17-20(19)15-23(22)27-2)21-9-11-24(12-10-21)16-18-6-4-3-5-7-18/h3-7,14-15,21H,8-13,16-17H2,1-2H3/p+2. The highest BCUT2D eigenvalue weighted by Gasteiger charge is 2.32. The predicted molar refractivity (Wildman–Crippen MR) is 107 cm³/mol. The number of methoxy groups -OCH3 is 2. The van der Waals surface area contributed by atoms with Gasteiger partial charge in [-0.3, -0.25) is 0 Å². The van der Waals surface area contributed by atoms with Crippen molar-refractivity contribution in [1.82, 2.24) is 0 Å². The first-order valence-electron chi connectivity index (χ1n) is 10.2. The van der Waals surface area contributed by atoms with Gasteiger partial charge < -0.3 is 19.3 Å². The van der Waals surface area contributed by atoms with Crippen molar-refractivity contribution in [2.75, 3.05) is 33.9 Å². The predicted octanol–water partition coefficient (Wildman–Crippen LogP) is 0.892. The van der Waals surface area contributed by atoms with Crippen molar-refractivity contribution in [1.29, 1.82) is 0 Å². The lowest BCUT2D eigenvalue weighted by atomic mass is 9.94. The Hall–Kier alpha value is -2.04. The average Bonchev–Trinajstić information content (AvgIpc) is 2.73. The summed E-state index contributed by atoms with van der Waals surface area (Å²) in [7, 11) is 3.44. The molecule has 0 aromatic heterocycles. The molecule has 1 unspecified atom stereocenters. The van der Waals surface area contributed by atoms with Crippen LogP contribution < -0.4 is 19.3 Å². The quantitative estimate of drug-likeness (QED) is 0.820. The van der Waals surface area contributed by atoms with Gasteiger partial charge in [-0.15, -0.1) is 0 Å². The van der Waals surface area contributed by atoms with Crippen molar-refractivity contribution in [2.45, 2.75) is 38.4 Å². The third-order valence-electron chi connectivity index (χ3n) is 6.41. The smallest absolute Gasteiger partial charge is 0.161 e. The summed E-state index contributed by atoms with van der Waals surface area (Å²) in [6.07, 6.45) is 3.81. The van der Waals surface area contributed by atoms with Crippen LogP contribution in [0, 0.1) is 0 Å². The van der Waals surface area contributed by atoms with E-state index in [0.717, 1.165) is 30.5 Å². The zero-order valence-electron chi connectivity index (χ0n) is 16.6. The molecule has 4 heteroatoms. The van der Waals surface area contributed by atoms with Gasteiger partial charge >= 0.3 is 0 Å². The second kappa shape index (κ2) is 8.32. The molecule has 0 amide bonds. The first-order valence-corrected chi connectivity index (χ1v) is 10.2. The molecule has 0 saturated carbocycles. The fraction of sp³-hybridized carbons (Fsp3) is 0.478. The van der Waals surface area contributed by atoms with Gasteiger partial charge in [-0.25, -0.2) is 0 Å². The fourth-order valence-electron chi connectivity index (χ4n) is 4.83. The van der Waals surface area contributed by atoms with Gasteiger partial charge in [0, 0.05) is 30.4 Å². The third-order valence-corrected chi connectivity index (χ3v) is 6.41. The van der Waals surface area contributed by atoms with Crippen LogP contribution in [0.25, 0.3) is 0 Å². The Morgan fingerprint density at radius 1 is 0.889 bits per heavy atom. The Labute approximate surface area is 162 Å². The lowest BCUT2D eigenvalue weighted by Gasteiger charge is -2.37. The van der Waals surface area contributed by atoms with Gasteiger partial charge in [0.05, 0.1) is 39.9 Å². The Morgan fingerprint density at radius 2 is 1.56 bits per heavy atom. The van der Waals surface area contributed by atoms with Gasteiger partial charge in [-0.1, -0.05) is 30.3 Å². The van der Waals surface area contributed by atoms with Gasteiger partial charge in [-0.2, -0.15) is 0 Å². The Bertz CT molecular complexity index is 754. The molecule has 144 valence electrons. The highest BCUT2D eigenvalue weighted by atomic mass is 16.5. The van der Waals surface area contributed by atoms with Gasteiger partial charge in [0.15, 0.2) is 11.5 Å². The summed E-state index contributed by atoms with van der Waals surface area (Å²) in [5.74, 6) is 1.72. The second-order valence-corrected chi connectivity index (χ2v) is 8.00. The van der Waals surface area contributed by atoms with Crippen LogP contribution >= 0.6 is 0 Å². The molecule has 2 aliphatic heterocycles. The van der Waals surface area contributed by atoms with Crippen molar-refractivity contribution in [3.05, 3.63) is 59.2 Å². The molecule has 0 bridgehead atoms. The topological polar surface area (TPSA) is 27.3 Å². The van der Waals surface area contributed by atoms with Crippen molar-refractivity contribution in [3.8, 4) is 11.5 Å². The van der Waals surface area contributed by atoms with E-state index in [9.17, 15) is 0 Å². The number of hydrogen-bond donors (Lipinski definition) is 2. The zero-order chi connectivity index (χ0) is 18.6. The van der Waals surface area contributed by atoms with E-state index < -0.39 is 0 Å². The molecule has 1 atom stereocenters. The number of nitrogens with one attached hydrogen (secondary N) is 2. The van der Waals surface area contributed by atoms with Gasteiger partial charge in [0.2, 0.25) is 0 Å². The molecule has 2 N–H and O–H groups in total. The molecular formula is C23H32N2O2+2. The Morgan fingerprint density at radius 3 is 2.22 bits per heavy atom. The summed E-state index contributed by atoms with van der Waals surface area (Å²) >= 11 is 0. The van der Waals surface area contributed by atoms with Crippen molar-refractivity contribution in [3.63, 3.8) is 0 Å². The van der Waals surface area contributed by atoms with Crippen LogP contribution in [0.5, 0.6) is 11.5 Å². The first-order chi connectivity index (χ1) is 13.3. The number of likely N-dealkylation sites (tertiary alicyclic amines) is 1. The van der Waals surface area contributed by atoms with E-state index in [1.165, 1.54) is 55.7 Å². The maximum absolute atomic E-state index is 5.52. The van der Waals surface area contributed by atoms with E-state index in [1.807, 2.05) is 0 Å². The van der Waals surface area contributed by atoms with Crippen LogP contribution in [0.15, 0.2) is 42.5 Å². The second-order valence-electron chi connectivity index (χ2n) is 8.00. The number of rotatable bonds is 5. The van der Waals surface area contributed by atoms with Gasteiger partial charge in [0.25, 0.3) is 0 Å². The maximum Gasteiger partial charge on any atom is 0.161 e. The molecule has 1 saturated heterocycles. The van der Waals surface area contributed by atoms with E-state index in [1.54, 1.807) is 24.0 Å². The van der Waals surface area contributed by atoms with E-state index in [-0.39, 0.29) is 0 Å². The van der Waals surface area contributed by atoms with Crippen LogP contribution in [0.1, 0.15) is 29.5 Å². The number of ether oxygens (including phenoxy) is 2. The average molecular weight is 369 g/mol. The summed E-state index contributed by atoms with van der Waals surface area (Å²) in [6, 6.07) is 16.1. The van der Waals surface area contributed by atoms with Crippen LogP contribution in [-0.4, -0.2) is 39.9 Å². The Balaban J connectivity index is 1.36. The molecule has 27 heavy (non-hydrogen) atoms. The molecule has 2 aliphatic rings. The lowest BCUT2D eigenvalue weighted by Crippen LogP contribution is -3.20. The molecule has 2 heterocycles. The van der Waals surface area contributed by atoms with E-state index in [2.05, 4.69) is 42.5 Å². The van der Waals surface area contributed by atoms with E-state index in [0.29, 0.717) is 0 Å². The highest BCUT2D eigenvalue weighted by Crippen LogP contribution is 2.31. The molecule has 2 aromatic rings. The third kappa shape index (κ3) is 4.12. The molecule has 0 radical (unpaired) electrons. The minimum Gasteiger partial charge on any atom is -0.493 e. The SMILES string of the molecule is COc1cc2c(cc1OC)C[NH+](C1CC[NH+](Cc3ccccc3)CC1)CC2. The van der Waals surface area contributed by atoms with Crippen molar-refractivity contribution < 1.29 is 19.3 Å². The summed E-state index contributed by atoms with van der Waals surface area (Å²) < 4.78 is 11.0. The number of fused-ring (bicyclic) bond motifs is 1. The minimum absolute atomic E-state index is 0.797. The number of hydrogen-bond acceptors (Lipinski definition) is 2. The minimum atomic E-state index is 0.797. The number of piperidine rings is 1. The Kier molecular flexibility index (Phi) is 5.65. The van der Waals surface area contributed by atoms with Crippen molar-refractivity contribution >= 4 is 0 Å². The molecular weight excluding hydrogens is 336 g/mol. The normalized spacial score (nSPS) is 24.9. The summed E-state index contributed by atoms with van der Waals surface area (Å²) in [5.41, 5.74) is 4.34. The zero-order valence-corrected chi connectivity index (χ0v) is 16.6. The number of quaternary nitrogens is 2. The van der Waals surface area contributed by atoms with Crippen LogP contribution in [-0.2, 0) is 19.5 Å². The monoisotopic (exact) mass is 368 g/mol. The maximum atomic E-state index is 5.52. The number of benzene rings is 2. The van der Waals surface area contributed by atoms with Crippen LogP contribution in [0.3, 0.4) is 0 Å². The first kappa shape index (κ1) is 18.3. The molecule has 2 aromatic carbocycles. The summed E-state index contributed by atoms with van der Waals surface area (Å²) in [4.78, 5) is 3.49. The largest absolute Gasteiger partial charge is 0.493 e. The van der Waals surface area contributed by atoms with Crippen molar-refractivity contribution in [2.24, 2.45) is 0 Å². The molecule has 1 fully saturated rings. The molecule has 0 spiro atoms. The summed E-state index contributed by atoms with van der Waals surface area (Å²) in [6.45, 7) is 6.11. The van der Waals surface area contributed by atoms with Crippen LogP contribution in [0.4, 0.5) is 0 Å². The van der Waals surface area contributed by atoms with Crippen LogP contribution in [0.2, 0.25) is 0 Å². The summed E-state index contributed by atoms with van der Waals surface area (Å²) in [5, 5.41) is 0.